The molecule has 0 atom stereocenters. The van der Waals surface area contributed by atoms with Gasteiger partial charge in [0, 0.05) is 11.4 Å². The van der Waals surface area contributed by atoms with Crippen LogP contribution in [0.5, 0.6) is 0 Å². The third-order valence-electron chi connectivity index (χ3n) is 16.1. The first-order valence-corrected chi connectivity index (χ1v) is 27.5. The van der Waals surface area contributed by atoms with Gasteiger partial charge in [0.2, 0.25) is 0 Å². The highest BCUT2D eigenvalue weighted by atomic mass is 15.0. The van der Waals surface area contributed by atoms with Crippen molar-refractivity contribution in [2.24, 2.45) is 0 Å². The Morgan fingerprint density at radius 3 is 0.787 bits per heavy atom. The molecule has 2 aromatic heterocycles. The Morgan fingerprint density at radius 2 is 0.450 bits per heavy atom. The van der Waals surface area contributed by atoms with E-state index in [-0.39, 0.29) is 0 Å². The van der Waals surface area contributed by atoms with E-state index >= 15 is 0 Å². The van der Waals surface area contributed by atoms with E-state index in [0.717, 1.165) is 78.3 Å². The van der Waals surface area contributed by atoms with Gasteiger partial charge in [-0.3, -0.25) is 0 Å². The number of rotatable bonds is 10. The summed E-state index contributed by atoms with van der Waals surface area (Å²) in [6.45, 7) is 0. The lowest BCUT2D eigenvalue weighted by Crippen LogP contribution is -2.01. The largest absolute Gasteiger partial charge is 0.309 e. The predicted molar refractivity (Wildman–Crippen MR) is 339 cm³/mol. The topological polar surface area (TPSA) is 9.86 Å². The van der Waals surface area contributed by atoms with E-state index in [0.29, 0.717) is 0 Å². The third kappa shape index (κ3) is 8.48. The smallest absolute Gasteiger partial charge is 0.0535 e. The fourth-order valence-corrected chi connectivity index (χ4v) is 12.1. The second-order valence-electron chi connectivity index (χ2n) is 20.9. The first-order chi connectivity index (χ1) is 39.6. The SMILES string of the molecule is c1ccc(-c2ccc(-c3ccccc3)n2-c2cc(-c3ccc(-c4ccc5ccccc5c4)cc3)c3cc4cc(-n5c(-c6ccccc6)ccc5-c5ccccc5)cc(-c5ccc(-c6ccc7ccccc7c6)cc5)c4cc3c2)cc1. The van der Waals surface area contributed by atoms with Crippen LogP contribution < -0.4 is 0 Å². The van der Waals surface area contributed by atoms with Gasteiger partial charge in [-0.2, -0.15) is 0 Å². The second-order valence-corrected chi connectivity index (χ2v) is 20.9. The molecular weight excluding hydrogens is 965 g/mol. The zero-order valence-electron chi connectivity index (χ0n) is 43.9. The Labute approximate surface area is 466 Å². The lowest BCUT2D eigenvalue weighted by atomic mass is 9.90. The fourth-order valence-electron chi connectivity index (χ4n) is 12.1. The second kappa shape index (κ2) is 19.8. The fraction of sp³-hybridized carbons (Fsp3) is 0. The quantitative estimate of drug-likeness (QED) is 0.121. The summed E-state index contributed by atoms with van der Waals surface area (Å²) in [6, 6.07) is 116. The van der Waals surface area contributed by atoms with Gasteiger partial charge in [0.25, 0.3) is 0 Å². The van der Waals surface area contributed by atoms with Gasteiger partial charge in [-0.05, 0) is 183 Å². The molecule has 0 saturated heterocycles. The van der Waals surface area contributed by atoms with Crippen molar-refractivity contribution in [3.63, 3.8) is 0 Å². The molecule has 13 aromatic carbocycles. The van der Waals surface area contributed by atoms with E-state index in [4.69, 9.17) is 0 Å². The Kier molecular flexibility index (Phi) is 11.6. The zero-order chi connectivity index (χ0) is 52.9. The van der Waals surface area contributed by atoms with Crippen LogP contribution in [-0.2, 0) is 0 Å². The van der Waals surface area contributed by atoms with Crippen LogP contribution in [0.15, 0.2) is 315 Å². The van der Waals surface area contributed by atoms with E-state index in [1.54, 1.807) is 0 Å². The normalized spacial score (nSPS) is 11.5. The van der Waals surface area contributed by atoms with Crippen LogP contribution in [0.2, 0.25) is 0 Å². The van der Waals surface area contributed by atoms with Gasteiger partial charge in [0.05, 0.1) is 22.8 Å². The van der Waals surface area contributed by atoms with Crippen LogP contribution in [-0.4, -0.2) is 9.13 Å². The van der Waals surface area contributed by atoms with Crippen LogP contribution in [0.4, 0.5) is 0 Å². The highest BCUT2D eigenvalue weighted by Crippen LogP contribution is 2.44. The number of hydrogen-bond donors (Lipinski definition) is 0. The summed E-state index contributed by atoms with van der Waals surface area (Å²) in [5, 5.41) is 9.65. The average Bonchev–Trinajstić information content (AvgIpc) is 4.23. The molecule has 0 aliphatic carbocycles. The van der Waals surface area contributed by atoms with E-state index in [1.165, 1.54) is 65.7 Å². The molecule has 0 fully saturated rings. The lowest BCUT2D eigenvalue weighted by Gasteiger charge is -2.20. The van der Waals surface area contributed by atoms with Crippen molar-refractivity contribution in [3.05, 3.63) is 315 Å². The molecular formula is C78H52N2. The zero-order valence-corrected chi connectivity index (χ0v) is 43.9. The Morgan fingerprint density at radius 1 is 0.163 bits per heavy atom. The number of fused-ring (bicyclic) bond motifs is 4. The molecule has 0 unspecified atom stereocenters. The number of aromatic nitrogens is 2. The minimum atomic E-state index is 1.10. The standard InChI is InChI=1S/C78H52N2/c1-5-19-59(20-6-1)75-41-42-76(60-21-7-2-8-22-60)79(75)69-47-67-49-72-68(50-71(67)73(51-69)57-35-29-55(30-36-57)65-39-33-53-17-13-15-27-63(53)45-65)48-70(80-77(61-23-9-3-10-24-61)43-44-78(80)62-25-11-4-12-26-62)52-74(72)58-37-31-56(32-38-58)66-40-34-54-18-14-16-28-64(54)46-66/h1-52H. The van der Waals surface area contributed by atoms with Crippen molar-refractivity contribution in [1.82, 2.24) is 9.13 Å². The number of benzene rings is 13. The van der Waals surface area contributed by atoms with Crippen molar-refractivity contribution in [2.45, 2.75) is 0 Å². The Balaban J connectivity index is 0.990. The maximum absolute atomic E-state index is 2.46. The molecule has 2 heteroatoms. The minimum Gasteiger partial charge on any atom is -0.309 e. The maximum atomic E-state index is 2.46. The molecule has 2 heterocycles. The molecule has 80 heavy (non-hydrogen) atoms. The summed E-state index contributed by atoms with van der Waals surface area (Å²) in [6.07, 6.45) is 0. The molecule has 0 spiro atoms. The van der Waals surface area contributed by atoms with E-state index in [2.05, 4.69) is 325 Å². The molecule has 2 nitrogen and oxygen atoms in total. The van der Waals surface area contributed by atoms with Crippen LogP contribution in [0, 0.1) is 0 Å². The molecule has 374 valence electrons. The number of nitrogens with zero attached hydrogens (tertiary/aromatic N) is 2. The first kappa shape index (κ1) is 46.7. The van der Waals surface area contributed by atoms with Crippen LogP contribution in [0.1, 0.15) is 0 Å². The summed E-state index contributed by atoms with van der Waals surface area (Å²) in [5.74, 6) is 0. The number of hydrogen-bond acceptors (Lipinski definition) is 0. The molecule has 0 radical (unpaired) electrons. The third-order valence-corrected chi connectivity index (χ3v) is 16.1. The van der Waals surface area contributed by atoms with Crippen molar-refractivity contribution in [1.29, 1.82) is 0 Å². The average molecular weight is 1020 g/mol. The van der Waals surface area contributed by atoms with Crippen molar-refractivity contribution in [2.75, 3.05) is 0 Å². The molecule has 15 aromatic rings. The van der Waals surface area contributed by atoms with E-state index < -0.39 is 0 Å². The molecule has 0 amide bonds. The van der Waals surface area contributed by atoms with Gasteiger partial charge in [-0.1, -0.05) is 243 Å². The van der Waals surface area contributed by atoms with Gasteiger partial charge < -0.3 is 9.13 Å². The highest BCUT2D eigenvalue weighted by molar-refractivity contribution is 6.11. The van der Waals surface area contributed by atoms with Gasteiger partial charge in [0.15, 0.2) is 0 Å². The van der Waals surface area contributed by atoms with Crippen LogP contribution >= 0.6 is 0 Å². The predicted octanol–water partition coefficient (Wildman–Crippen LogP) is 21.2. The minimum absolute atomic E-state index is 1.10. The summed E-state index contributed by atoms with van der Waals surface area (Å²) >= 11 is 0. The van der Waals surface area contributed by atoms with Crippen LogP contribution in [0.3, 0.4) is 0 Å². The van der Waals surface area contributed by atoms with Crippen molar-refractivity contribution >= 4 is 43.1 Å². The van der Waals surface area contributed by atoms with Gasteiger partial charge in [-0.25, -0.2) is 0 Å². The lowest BCUT2D eigenvalue weighted by molar-refractivity contribution is 1.10. The molecule has 15 rings (SSSR count). The summed E-state index contributed by atoms with van der Waals surface area (Å²) in [4.78, 5) is 0. The molecule has 0 N–H and O–H groups in total. The van der Waals surface area contributed by atoms with Gasteiger partial charge in [0.1, 0.15) is 0 Å². The highest BCUT2D eigenvalue weighted by Gasteiger charge is 2.21. The van der Waals surface area contributed by atoms with Crippen molar-refractivity contribution < 1.29 is 0 Å². The maximum Gasteiger partial charge on any atom is 0.0535 e. The Bertz CT molecular complexity index is 4340. The first-order valence-electron chi connectivity index (χ1n) is 27.5. The molecule has 0 aliphatic rings. The van der Waals surface area contributed by atoms with Gasteiger partial charge >= 0.3 is 0 Å². The summed E-state index contributed by atoms with van der Waals surface area (Å²) in [7, 11) is 0. The summed E-state index contributed by atoms with van der Waals surface area (Å²) in [5.41, 5.74) is 20.8. The molecule has 0 bridgehead atoms. The van der Waals surface area contributed by atoms with Gasteiger partial charge in [-0.15, -0.1) is 0 Å². The monoisotopic (exact) mass is 1020 g/mol. The van der Waals surface area contributed by atoms with Crippen LogP contribution in [0.25, 0.3) is 144 Å². The molecule has 0 saturated carbocycles. The van der Waals surface area contributed by atoms with E-state index in [9.17, 15) is 0 Å². The molecule has 0 aliphatic heterocycles. The van der Waals surface area contributed by atoms with E-state index in [1.807, 2.05) is 0 Å². The van der Waals surface area contributed by atoms with Crippen molar-refractivity contribution in [3.8, 4) is 101 Å². The summed E-state index contributed by atoms with van der Waals surface area (Å²) < 4.78 is 4.91. The Hall–Kier alpha value is -10.5.